The summed E-state index contributed by atoms with van der Waals surface area (Å²) < 4.78 is 1.41. The van der Waals surface area contributed by atoms with Gasteiger partial charge < -0.3 is 11.2 Å². The van der Waals surface area contributed by atoms with Gasteiger partial charge in [0.2, 0.25) is 16.9 Å². The Bertz CT molecular complexity index is 1010. The molecule has 0 unspecified atom stereocenters. The van der Waals surface area contributed by atoms with Crippen LogP contribution in [0.1, 0.15) is 28.8 Å². The molecule has 140 valence electrons. The number of thioether (sulfide) groups is 1. The van der Waals surface area contributed by atoms with Crippen molar-refractivity contribution in [1.29, 1.82) is 0 Å². The first kappa shape index (κ1) is 17.6. The molecule has 1 aliphatic rings. The average Bonchev–Trinajstić information content (AvgIpc) is 3.33. The predicted molar refractivity (Wildman–Crippen MR) is 105 cm³/mol. The molecule has 1 amide bonds. The molecule has 4 N–H and O–H groups in total. The van der Waals surface area contributed by atoms with E-state index in [0.717, 1.165) is 47.5 Å². The van der Waals surface area contributed by atoms with Gasteiger partial charge in [-0.3, -0.25) is 9.89 Å². The number of anilines is 1. The van der Waals surface area contributed by atoms with Crippen molar-refractivity contribution < 1.29 is 4.79 Å². The van der Waals surface area contributed by atoms with E-state index in [-0.39, 0.29) is 11.7 Å². The second-order valence-corrected chi connectivity index (χ2v) is 7.66. The van der Waals surface area contributed by atoms with E-state index in [4.69, 9.17) is 5.84 Å². The zero-order valence-electron chi connectivity index (χ0n) is 15.2. The summed E-state index contributed by atoms with van der Waals surface area (Å²) in [6, 6.07) is 5.97. The van der Waals surface area contributed by atoms with E-state index in [1.165, 1.54) is 22.0 Å². The first-order valence-corrected chi connectivity index (χ1v) is 9.78. The van der Waals surface area contributed by atoms with Crippen LogP contribution in [0.2, 0.25) is 0 Å². The van der Waals surface area contributed by atoms with Crippen LogP contribution < -0.4 is 11.2 Å². The number of fused-ring (bicyclic) bond motifs is 1. The fourth-order valence-corrected chi connectivity index (χ4v) is 3.88. The Kier molecular flexibility index (Phi) is 4.61. The third kappa shape index (κ3) is 3.42. The molecule has 2 heterocycles. The van der Waals surface area contributed by atoms with E-state index in [0.29, 0.717) is 11.0 Å². The number of nitrogens with zero attached hydrogens (tertiary/aromatic N) is 4. The molecule has 8 nitrogen and oxygen atoms in total. The predicted octanol–water partition coefficient (Wildman–Crippen LogP) is 2.22. The van der Waals surface area contributed by atoms with Gasteiger partial charge in [-0.15, -0.1) is 10.2 Å². The largest absolute Gasteiger partial charge is 0.335 e. The normalized spacial score (nSPS) is 13.0. The van der Waals surface area contributed by atoms with Crippen LogP contribution in [0, 0.1) is 13.8 Å². The van der Waals surface area contributed by atoms with Crippen LogP contribution in [0.15, 0.2) is 23.4 Å². The van der Waals surface area contributed by atoms with Crippen molar-refractivity contribution in [2.45, 2.75) is 38.3 Å². The van der Waals surface area contributed by atoms with Crippen molar-refractivity contribution in [3.63, 3.8) is 0 Å². The van der Waals surface area contributed by atoms with E-state index in [2.05, 4.69) is 25.7 Å². The lowest BCUT2D eigenvalue weighted by molar-refractivity contribution is -0.113. The number of hydrogen-bond donors (Lipinski definition) is 3. The third-order valence-corrected chi connectivity index (χ3v) is 5.63. The number of carbonyl (C=O) groups excluding carboxylic acids is 1. The topological polar surface area (TPSA) is 115 Å². The van der Waals surface area contributed by atoms with E-state index in [1.807, 2.05) is 32.0 Å². The molecule has 3 aromatic rings. The van der Waals surface area contributed by atoms with Crippen LogP contribution in [0.25, 0.3) is 11.5 Å². The van der Waals surface area contributed by atoms with Crippen molar-refractivity contribution in [3.05, 3.63) is 40.6 Å². The highest BCUT2D eigenvalue weighted by Gasteiger charge is 2.24. The van der Waals surface area contributed by atoms with Gasteiger partial charge in [-0.25, -0.2) is 4.68 Å². The Morgan fingerprint density at radius 3 is 3.04 bits per heavy atom. The molecule has 0 saturated carbocycles. The number of amides is 1. The summed E-state index contributed by atoms with van der Waals surface area (Å²) in [6.07, 6.45) is 3.07. The first-order chi connectivity index (χ1) is 13.0. The zero-order valence-corrected chi connectivity index (χ0v) is 16.1. The summed E-state index contributed by atoms with van der Waals surface area (Å²) in [6.45, 7) is 3.96. The first-order valence-electron chi connectivity index (χ1n) is 8.80. The molecular weight excluding hydrogens is 362 g/mol. The van der Waals surface area contributed by atoms with Crippen LogP contribution >= 0.6 is 11.8 Å². The lowest BCUT2D eigenvalue weighted by Gasteiger charge is -2.09. The summed E-state index contributed by atoms with van der Waals surface area (Å²) in [5.74, 6) is 6.76. The van der Waals surface area contributed by atoms with Gasteiger partial charge in [-0.05, 0) is 50.3 Å². The summed E-state index contributed by atoms with van der Waals surface area (Å²) in [4.78, 5) is 12.3. The highest BCUT2D eigenvalue weighted by molar-refractivity contribution is 7.99. The van der Waals surface area contributed by atoms with Gasteiger partial charge in [-0.1, -0.05) is 23.9 Å². The number of nitrogen functional groups attached to an aromatic ring is 1. The molecule has 1 aromatic carbocycles. The smallest absolute Gasteiger partial charge is 0.234 e. The number of aryl methyl sites for hydroxylation is 3. The van der Waals surface area contributed by atoms with Crippen molar-refractivity contribution in [2.75, 3.05) is 16.9 Å². The van der Waals surface area contributed by atoms with E-state index >= 15 is 0 Å². The number of aromatic amines is 1. The molecule has 4 rings (SSSR count). The van der Waals surface area contributed by atoms with Gasteiger partial charge in [0.1, 0.15) is 5.69 Å². The SMILES string of the molecule is Cc1ccc(C)c(NC(=O)CSc2nnc(-c3n[nH]c4c3CCC4)n2N)c1. The molecule has 0 radical (unpaired) electrons. The quantitative estimate of drug-likeness (QED) is 0.460. The Labute approximate surface area is 160 Å². The fourth-order valence-electron chi connectivity index (χ4n) is 3.23. The highest BCUT2D eigenvalue weighted by atomic mass is 32.2. The molecule has 0 aliphatic heterocycles. The monoisotopic (exact) mass is 383 g/mol. The van der Waals surface area contributed by atoms with Crippen molar-refractivity contribution >= 4 is 23.4 Å². The molecule has 2 aromatic heterocycles. The fraction of sp³-hybridized carbons (Fsp3) is 0.333. The van der Waals surface area contributed by atoms with Crippen molar-refractivity contribution in [2.24, 2.45) is 0 Å². The minimum Gasteiger partial charge on any atom is -0.335 e. The summed E-state index contributed by atoms with van der Waals surface area (Å²) in [5.41, 5.74) is 6.01. The number of H-pyrrole nitrogens is 1. The zero-order chi connectivity index (χ0) is 19.0. The summed E-state index contributed by atoms with van der Waals surface area (Å²) >= 11 is 1.25. The van der Waals surface area contributed by atoms with Crippen LogP contribution in [-0.2, 0) is 17.6 Å². The summed E-state index contributed by atoms with van der Waals surface area (Å²) in [7, 11) is 0. The number of rotatable bonds is 5. The summed E-state index contributed by atoms with van der Waals surface area (Å²) in [5, 5.41) is 19.1. The highest BCUT2D eigenvalue weighted by Crippen LogP contribution is 2.30. The van der Waals surface area contributed by atoms with Crippen molar-refractivity contribution in [1.82, 2.24) is 25.1 Å². The van der Waals surface area contributed by atoms with E-state index < -0.39 is 0 Å². The van der Waals surface area contributed by atoms with Gasteiger partial charge in [0.15, 0.2) is 0 Å². The molecule has 27 heavy (non-hydrogen) atoms. The minimum absolute atomic E-state index is 0.112. The van der Waals surface area contributed by atoms with Gasteiger partial charge in [0, 0.05) is 16.9 Å². The Morgan fingerprint density at radius 2 is 2.19 bits per heavy atom. The number of nitrogens with two attached hydrogens (primary N) is 1. The molecule has 0 bridgehead atoms. The number of carbonyl (C=O) groups is 1. The van der Waals surface area contributed by atoms with Crippen LogP contribution in [0.4, 0.5) is 5.69 Å². The Balaban J connectivity index is 1.44. The molecule has 0 fully saturated rings. The number of hydrogen-bond acceptors (Lipinski definition) is 6. The van der Waals surface area contributed by atoms with Gasteiger partial charge in [0.05, 0.1) is 5.75 Å². The van der Waals surface area contributed by atoms with Crippen LogP contribution in [-0.4, -0.2) is 36.7 Å². The molecule has 1 aliphatic carbocycles. The Hall–Kier alpha value is -2.81. The van der Waals surface area contributed by atoms with Gasteiger partial charge >= 0.3 is 0 Å². The lowest BCUT2D eigenvalue weighted by Crippen LogP contribution is -2.17. The van der Waals surface area contributed by atoms with Crippen LogP contribution in [0.3, 0.4) is 0 Å². The molecule has 0 atom stereocenters. The van der Waals surface area contributed by atoms with Gasteiger partial charge in [0.25, 0.3) is 0 Å². The molecular formula is C18H21N7OS. The minimum atomic E-state index is -0.112. The standard InChI is InChI=1S/C18H21N7OS/c1-10-6-7-11(2)14(8-10)20-15(26)9-27-18-24-23-17(25(18)19)16-12-4-3-5-13(12)21-22-16/h6-8H,3-5,9,19H2,1-2H3,(H,20,26)(H,21,22). The average molecular weight is 383 g/mol. The molecule has 0 saturated heterocycles. The van der Waals surface area contributed by atoms with Crippen molar-refractivity contribution in [3.8, 4) is 11.5 Å². The Morgan fingerprint density at radius 1 is 1.33 bits per heavy atom. The second kappa shape index (κ2) is 7.07. The van der Waals surface area contributed by atoms with Crippen LogP contribution in [0.5, 0.6) is 0 Å². The number of benzene rings is 1. The second-order valence-electron chi connectivity index (χ2n) is 6.71. The lowest BCUT2D eigenvalue weighted by atomic mass is 10.1. The van der Waals surface area contributed by atoms with E-state index in [9.17, 15) is 4.79 Å². The maximum absolute atomic E-state index is 12.3. The molecule has 9 heteroatoms. The number of nitrogens with one attached hydrogen (secondary N) is 2. The third-order valence-electron chi connectivity index (χ3n) is 4.68. The van der Waals surface area contributed by atoms with Gasteiger partial charge in [-0.2, -0.15) is 5.10 Å². The maximum atomic E-state index is 12.3. The molecule has 0 spiro atoms. The maximum Gasteiger partial charge on any atom is 0.234 e. The van der Waals surface area contributed by atoms with E-state index in [1.54, 1.807) is 0 Å². The number of aromatic nitrogens is 5.